The zero-order chi connectivity index (χ0) is 23.6. The van der Waals surface area contributed by atoms with Gasteiger partial charge >= 0.3 is 0 Å². The molecule has 2 aromatic carbocycles. The van der Waals surface area contributed by atoms with Crippen molar-refractivity contribution in [1.82, 2.24) is 9.62 Å². The average molecular weight is 475 g/mol. The lowest BCUT2D eigenvalue weighted by molar-refractivity contribution is -0.126. The Labute approximate surface area is 194 Å². The molecule has 9 heteroatoms. The van der Waals surface area contributed by atoms with Crippen LogP contribution in [0.1, 0.15) is 43.7 Å². The van der Waals surface area contributed by atoms with Crippen molar-refractivity contribution in [3.8, 4) is 17.2 Å². The van der Waals surface area contributed by atoms with E-state index in [9.17, 15) is 13.2 Å². The maximum absolute atomic E-state index is 13.5. The third-order valence-electron chi connectivity index (χ3n) is 6.13. The molecule has 2 aliphatic rings. The van der Waals surface area contributed by atoms with Crippen LogP contribution in [0.2, 0.25) is 0 Å². The summed E-state index contributed by atoms with van der Waals surface area (Å²) in [6, 6.07) is 10.8. The summed E-state index contributed by atoms with van der Waals surface area (Å²) in [4.78, 5) is 13.0. The lowest BCUT2D eigenvalue weighted by Gasteiger charge is -2.31. The van der Waals surface area contributed by atoms with E-state index in [1.165, 1.54) is 11.4 Å². The van der Waals surface area contributed by atoms with E-state index in [0.29, 0.717) is 43.2 Å². The number of benzene rings is 2. The number of piperidine rings is 1. The molecular weight excluding hydrogens is 444 g/mol. The fraction of sp³-hybridized carbons (Fsp3) is 0.458. The van der Waals surface area contributed by atoms with E-state index in [0.717, 1.165) is 11.1 Å². The zero-order valence-corrected chi connectivity index (χ0v) is 20.0. The number of hydrogen-bond acceptors (Lipinski definition) is 6. The maximum atomic E-state index is 13.5. The number of sulfonamides is 1. The minimum Gasteiger partial charge on any atom is -0.495 e. The van der Waals surface area contributed by atoms with E-state index < -0.39 is 15.9 Å². The number of carbonyl (C=O) groups excluding carboxylic acids is 1. The van der Waals surface area contributed by atoms with Gasteiger partial charge in [0.1, 0.15) is 10.6 Å². The topological polar surface area (TPSA) is 94.2 Å². The van der Waals surface area contributed by atoms with Gasteiger partial charge < -0.3 is 19.5 Å². The minimum absolute atomic E-state index is 0.143. The number of rotatable bonds is 7. The highest BCUT2D eigenvalue weighted by atomic mass is 32.2. The SMILES string of the molecule is COc1ccc(C(C)C)cc1S(=O)(=O)N1CCC[C@H](C(=O)NCc2ccc3c(c2)OCO3)C1. The molecule has 0 aromatic heterocycles. The summed E-state index contributed by atoms with van der Waals surface area (Å²) in [6.45, 7) is 5.08. The first-order valence-electron chi connectivity index (χ1n) is 11.1. The fourth-order valence-electron chi connectivity index (χ4n) is 4.15. The molecule has 0 bridgehead atoms. The van der Waals surface area contributed by atoms with Crippen molar-refractivity contribution >= 4 is 15.9 Å². The number of amides is 1. The van der Waals surface area contributed by atoms with Crippen molar-refractivity contribution in [3.63, 3.8) is 0 Å². The Morgan fingerprint density at radius 2 is 1.97 bits per heavy atom. The van der Waals surface area contributed by atoms with Gasteiger partial charge in [0.2, 0.25) is 22.7 Å². The number of fused-ring (bicyclic) bond motifs is 1. The Bertz CT molecular complexity index is 1130. The third kappa shape index (κ3) is 4.94. The van der Waals surface area contributed by atoms with E-state index in [1.807, 2.05) is 38.1 Å². The highest BCUT2D eigenvalue weighted by Gasteiger charge is 2.35. The van der Waals surface area contributed by atoms with Crippen molar-refractivity contribution in [1.29, 1.82) is 0 Å². The average Bonchev–Trinajstić information content (AvgIpc) is 3.30. The predicted molar refractivity (Wildman–Crippen MR) is 123 cm³/mol. The minimum atomic E-state index is -3.80. The highest BCUT2D eigenvalue weighted by Crippen LogP contribution is 2.34. The first-order valence-corrected chi connectivity index (χ1v) is 12.6. The van der Waals surface area contributed by atoms with Crippen LogP contribution in [-0.4, -0.2) is 45.6 Å². The number of methoxy groups -OCH3 is 1. The molecule has 1 fully saturated rings. The molecule has 1 amide bonds. The quantitative estimate of drug-likeness (QED) is 0.662. The standard InChI is InChI=1S/C24H30N2O6S/c1-16(2)18-7-9-21(30-3)23(12-18)33(28,29)26-10-4-5-19(14-26)24(27)25-13-17-6-8-20-22(11-17)32-15-31-20/h6-9,11-12,16,19H,4-5,10,13-15H2,1-3H3,(H,25,27)/t19-/m0/s1. The Balaban J connectivity index is 1.45. The molecule has 8 nitrogen and oxygen atoms in total. The molecule has 2 aromatic rings. The van der Waals surface area contributed by atoms with Gasteiger partial charge in [-0.05, 0) is 54.2 Å². The molecule has 0 aliphatic carbocycles. The predicted octanol–water partition coefficient (Wildman–Crippen LogP) is 3.26. The summed E-state index contributed by atoms with van der Waals surface area (Å²) in [5, 5.41) is 2.94. The van der Waals surface area contributed by atoms with Gasteiger partial charge in [-0.1, -0.05) is 26.0 Å². The fourth-order valence-corrected chi connectivity index (χ4v) is 5.87. The normalized spacial score (nSPS) is 18.4. The smallest absolute Gasteiger partial charge is 0.246 e. The van der Waals surface area contributed by atoms with Crippen LogP contribution in [0, 0.1) is 5.92 Å². The molecule has 1 atom stereocenters. The second kappa shape index (κ2) is 9.61. The van der Waals surface area contributed by atoms with Crippen LogP contribution < -0.4 is 19.5 Å². The number of carbonyl (C=O) groups is 1. The van der Waals surface area contributed by atoms with Gasteiger partial charge in [-0.2, -0.15) is 4.31 Å². The Kier molecular flexibility index (Phi) is 6.81. The Morgan fingerprint density at radius 3 is 2.73 bits per heavy atom. The molecule has 0 unspecified atom stereocenters. The number of nitrogens with one attached hydrogen (secondary N) is 1. The van der Waals surface area contributed by atoms with Crippen LogP contribution >= 0.6 is 0 Å². The summed E-state index contributed by atoms with van der Waals surface area (Å²) >= 11 is 0. The molecule has 4 rings (SSSR count). The Hall–Kier alpha value is -2.78. The van der Waals surface area contributed by atoms with E-state index in [1.54, 1.807) is 12.1 Å². The summed E-state index contributed by atoms with van der Waals surface area (Å²) in [5.74, 6) is 1.27. The summed E-state index contributed by atoms with van der Waals surface area (Å²) in [7, 11) is -2.34. The van der Waals surface area contributed by atoms with Gasteiger partial charge in [0.15, 0.2) is 11.5 Å². The maximum Gasteiger partial charge on any atom is 0.246 e. The summed E-state index contributed by atoms with van der Waals surface area (Å²) in [5.41, 5.74) is 1.81. The van der Waals surface area contributed by atoms with Crippen LogP contribution in [0.25, 0.3) is 0 Å². The molecule has 1 saturated heterocycles. The molecule has 2 aliphatic heterocycles. The summed E-state index contributed by atoms with van der Waals surface area (Å²) in [6.07, 6.45) is 1.26. The molecule has 2 heterocycles. The third-order valence-corrected chi connectivity index (χ3v) is 8.02. The second-order valence-corrected chi connectivity index (χ2v) is 10.6. The largest absolute Gasteiger partial charge is 0.495 e. The molecule has 178 valence electrons. The molecule has 33 heavy (non-hydrogen) atoms. The molecule has 0 saturated carbocycles. The van der Waals surface area contributed by atoms with Crippen molar-refractivity contribution in [2.24, 2.45) is 5.92 Å². The van der Waals surface area contributed by atoms with Gasteiger partial charge in [-0.3, -0.25) is 4.79 Å². The van der Waals surface area contributed by atoms with Gasteiger partial charge in [-0.25, -0.2) is 8.42 Å². The molecule has 0 radical (unpaired) electrons. The first kappa shape index (κ1) is 23.4. The second-order valence-electron chi connectivity index (χ2n) is 8.67. The number of nitrogens with zero attached hydrogens (tertiary/aromatic N) is 1. The number of hydrogen-bond donors (Lipinski definition) is 1. The van der Waals surface area contributed by atoms with Crippen LogP contribution in [0.5, 0.6) is 17.2 Å². The molecule has 0 spiro atoms. The molecular formula is C24H30N2O6S. The van der Waals surface area contributed by atoms with E-state index in [4.69, 9.17) is 14.2 Å². The van der Waals surface area contributed by atoms with Crippen molar-refractivity contribution in [2.75, 3.05) is 27.0 Å². The Morgan fingerprint density at radius 1 is 1.18 bits per heavy atom. The van der Waals surface area contributed by atoms with Gasteiger partial charge in [0, 0.05) is 19.6 Å². The van der Waals surface area contributed by atoms with E-state index >= 15 is 0 Å². The lowest BCUT2D eigenvalue weighted by Crippen LogP contribution is -2.45. The van der Waals surface area contributed by atoms with Crippen LogP contribution in [0.4, 0.5) is 0 Å². The lowest BCUT2D eigenvalue weighted by atomic mass is 9.98. The van der Waals surface area contributed by atoms with Crippen LogP contribution in [0.3, 0.4) is 0 Å². The van der Waals surface area contributed by atoms with Crippen molar-refractivity contribution in [2.45, 2.75) is 44.0 Å². The zero-order valence-electron chi connectivity index (χ0n) is 19.2. The summed E-state index contributed by atoms with van der Waals surface area (Å²) < 4.78 is 44.4. The highest BCUT2D eigenvalue weighted by molar-refractivity contribution is 7.89. The van der Waals surface area contributed by atoms with E-state index in [-0.39, 0.29) is 30.1 Å². The van der Waals surface area contributed by atoms with Crippen molar-refractivity contribution in [3.05, 3.63) is 47.5 Å². The molecule has 1 N–H and O–H groups in total. The van der Waals surface area contributed by atoms with Crippen LogP contribution in [0.15, 0.2) is 41.3 Å². The van der Waals surface area contributed by atoms with Crippen molar-refractivity contribution < 1.29 is 27.4 Å². The number of ether oxygens (including phenoxy) is 3. The first-order chi connectivity index (χ1) is 15.8. The van der Waals surface area contributed by atoms with Gasteiger partial charge in [0.25, 0.3) is 0 Å². The van der Waals surface area contributed by atoms with Gasteiger partial charge in [-0.15, -0.1) is 0 Å². The van der Waals surface area contributed by atoms with Gasteiger partial charge in [0.05, 0.1) is 13.0 Å². The van der Waals surface area contributed by atoms with Crippen LogP contribution in [-0.2, 0) is 21.4 Å². The van der Waals surface area contributed by atoms with E-state index in [2.05, 4.69) is 5.32 Å². The monoisotopic (exact) mass is 474 g/mol.